The molecule has 1 unspecified atom stereocenters. The van der Waals surface area contributed by atoms with Crippen LogP contribution < -0.4 is 4.90 Å². The van der Waals surface area contributed by atoms with Gasteiger partial charge < -0.3 is 10.0 Å². The van der Waals surface area contributed by atoms with Gasteiger partial charge in [0.05, 0.1) is 10.5 Å². The molecule has 0 spiro atoms. The van der Waals surface area contributed by atoms with Crippen LogP contribution in [0.25, 0.3) is 0 Å². The van der Waals surface area contributed by atoms with Crippen LogP contribution in [0.2, 0.25) is 0 Å². The second-order valence-corrected chi connectivity index (χ2v) is 5.37. The van der Waals surface area contributed by atoms with Gasteiger partial charge in [-0.2, -0.15) is 0 Å². The molecule has 1 N–H and O–H groups in total. The fourth-order valence-electron chi connectivity index (χ4n) is 2.96. The number of anilines is 1. The van der Waals surface area contributed by atoms with Crippen molar-refractivity contribution in [2.75, 3.05) is 11.4 Å². The van der Waals surface area contributed by atoms with E-state index in [4.69, 9.17) is 5.11 Å². The fraction of sp³-hybridized carbons (Fsp3) is 0.533. The van der Waals surface area contributed by atoms with E-state index in [-0.39, 0.29) is 17.3 Å². The summed E-state index contributed by atoms with van der Waals surface area (Å²) in [5.41, 5.74) is 0.377. The van der Waals surface area contributed by atoms with Crippen molar-refractivity contribution in [1.82, 2.24) is 0 Å². The van der Waals surface area contributed by atoms with Crippen molar-refractivity contribution in [3.05, 3.63) is 33.9 Å². The number of carboxylic acid groups (broad SMARTS) is 1. The summed E-state index contributed by atoms with van der Waals surface area (Å²) >= 11 is 0. The predicted molar refractivity (Wildman–Crippen MR) is 79.9 cm³/mol. The van der Waals surface area contributed by atoms with Gasteiger partial charge in [0.15, 0.2) is 0 Å². The number of nitro groups is 1. The van der Waals surface area contributed by atoms with Crippen molar-refractivity contribution in [2.24, 2.45) is 0 Å². The zero-order valence-electron chi connectivity index (χ0n) is 12.1. The van der Waals surface area contributed by atoms with Crippen LogP contribution in [-0.4, -0.2) is 28.6 Å². The molecule has 0 amide bonds. The Morgan fingerprint density at radius 1 is 1.43 bits per heavy atom. The molecule has 1 aliphatic rings. The summed E-state index contributed by atoms with van der Waals surface area (Å²) in [5.74, 6) is -1.15. The first-order chi connectivity index (χ1) is 10.0. The molecule has 0 bridgehead atoms. The van der Waals surface area contributed by atoms with E-state index in [2.05, 4.69) is 11.8 Å². The number of nitro benzene ring substituents is 1. The summed E-state index contributed by atoms with van der Waals surface area (Å²) in [4.78, 5) is 23.9. The third-order valence-corrected chi connectivity index (χ3v) is 4.08. The zero-order chi connectivity index (χ0) is 15.4. The third kappa shape index (κ3) is 3.32. The van der Waals surface area contributed by atoms with Crippen LogP contribution in [0.15, 0.2) is 18.2 Å². The lowest BCUT2D eigenvalue weighted by Crippen LogP contribution is -2.34. The predicted octanol–water partition coefficient (Wildman–Crippen LogP) is 3.45. The lowest BCUT2D eigenvalue weighted by Gasteiger charge is -2.31. The molecule has 1 aromatic carbocycles. The maximum absolute atomic E-state index is 11.3. The highest BCUT2D eigenvalue weighted by Gasteiger charge is 2.27. The monoisotopic (exact) mass is 292 g/mol. The summed E-state index contributed by atoms with van der Waals surface area (Å²) in [6.07, 6.45) is 5.23. The van der Waals surface area contributed by atoms with Crippen molar-refractivity contribution in [3.8, 4) is 0 Å². The van der Waals surface area contributed by atoms with E-state index >= 15 is 0 Å². The van der Waals surface area contributed by atoms with Gasteiger partial charge in [0.25, 0.3) is 5.69 Å². The Labute approximate surface area is 123 Å². The molecule has 6 nitrogen and oxygen atoms in total. The molecule has 1 aliphatic heterocycles. The number of carboxylic acids is 1. The first-order valence-corrected chi connectivity index (χ1v) is 7.33. The zero-order valence-corrected chi connectivity index (χ0v) is 12.1. The van der Waals surface area contributed by atoms with Gasteiger partial charge in [0.1, 0.15) is 5.69 Å². The molecule has 6 heteroatoms. The van der Waals surface area contributed by atoms with E-state index in [1.54, 1.807) is 6.07 Å². The lowest BCUT2D eigenvalue weighted by molar-refractivity contribution is -0.384. The molecule has 1 atom stereocenters. The highest BCUT2D eigenvalue weighted by Crippen LogP contribution is 2.34. The number of carbonyl (C=O) groups is 1. The van der Waals surface area contributed by atoms with E-state index < -0.39 is 10.9 Å². The van der Waals surface area contributed by atoms with E-state index in [0.717, 1.165) is 44.7 Å². The summed E-state index contributed by atoms with van der Waals surface area (Å²) in [6.45, 7) is 2.87. The second kappa shape index (κ2) is 6.56. The Kier molecular flexibility index (Phi) is 4.77. The molecule has 2 rings (SSSR count). The topological polar surface area (TPSA) is 83.7 Å². The normalized spacial score (nSPS) is 19.1. The highest BCUT2D eigenvalue weighted by molar-refractivity contribution is 5.89. The van der Waals surface area contributed by atoms with E-state index in [9.17, 15) is 14.9 Å². The molecular formula is C15H20N2O4. The van der Waals surface area contributed by atoms with Crippen LogP contribution >= 0.6 is 0 Å². The van der Waals surface area contributed by atoms with Crippen LogP contribution in [0.3, 0.4) is 0 Å². The van der Waals surface area contributed by atoms with Gasteiger partial charge >= 0.3 is 5.97 Å². The minimum atomic E-state index is -1.15. The van der Waals surface area contributed by atoms with Crippen LogP contribution in [0.5, 0.6) is 0 Å². The molecule has 0 aliphatic carbocycles. The van der Waals surface area contributed by atoms with Crippen LogP contribution in [0.4, 0.5) is 11.4 Å². The van der Waals surface area contributed by atoms with Gasteiger partial charge in [-0.05, 0) is 31.4 Å². The number of hydrogen-bond acceptors (Lipinski definition) is 4. The SMILES string of the molecule is CCC1CCCCCN1c1ccc(C(=O)O)cc1[N+](=O)[O-]. The average molecular weight is 292 g/mol. The average Bonchev–Trinajstić information content (AvgIpc) is 2.71. The maximum Gasteiger partial charge on any atom is 0.335 e. The molecule has 0 radical (unpaired) electrons. The van der Waals surface area contributed by atoms with E-state index in [1.807, 2.05) is 0 Å². The Balaban J connectivity index is 2.45. The van der Waals surface area contributed by atoms with Gasteiger partial charge in [0.2, 0.25) is 0 Å². The molecule has 1 aromatic rings. The van der Waals surface area contributed by atoms with Crippen LogP contribution in [-0.2, 0) is 0 Å². The van der Waals surface area contributed by atoms with Crippen molar-refractivity contribution in [3.63, 3.8) is 0 Å². The smallest absolute Gasteiger partial charge is 0.335 e. The third-order valence-electron chi connectivity index (χ3n) is 4.08. The number of nitrogens with zero attached hydrogens (tertiary/aromatic N) is 2. The van der Waals surface area contributed by atoms with Gasteiger partial charge in [-0.3, -0.25) is 10.1 Å². The molecular weight excluding hydrogens is 272 g/mol. The van der Waals surface area contributed by atoms with Crippen LogP contribution in [0, 0.1) is 10.1 Å². The number of benzene rings is 1. The number of rotatable bonds is 4. The molecule has 0 saturated carbocycles. The molecule has 21 heavy (non-hydrogen) atoms. The molecule has 114 valence electrons. The standard InChI is InChI=1S/C15H20N2O4/c1-2-12-6-4-3-5-9-16(12)13-8-7-11(15(18)19)10-14(13)17(20)21/h7-8,10,12H,2-6,9H2,1H3,(H,18,19). The first-order valence-electron chi connectivity index (χ1n) is 7.33. The summed E-state index contributed by atoms with van der Waals surface area (Å²) < 4.78 is 0. The fourth-order valence-corrected chi connectivity index (χ4v) is 2.96. The molecule has 1 saturated heterocycles. The van der Waals surface area contributed by atoms with Gasteiger partial charge in [-0.25, -0.2) is 4.79 Å². The van der Waals surface area contributed by atoms with Crippen molar-refractivity contribution in [2.45, 2.75) is 45.1 Å². The van der Waals surface area contributed by atoms with Gasteiger partial charge in [-0.15, -0.1) is 0 Å². The Hall–Kier alpha value is -2.11. The van der Waals surface area contributed by atoms with Crippen LogP contribution in [0.1, 0.15) is 49.4 Å². The highest BCUT2D eigenvalue weighted by atomic mass is 16.6. The number of hydrogen-bond donors (Lipinski definition) is 1. The Bertz CT molecular complexity index is 544. The second-order valence-electron chi connectivity index (χ2n) is 5.37. The van der Waals surface area contributed by atoms with Crippen molar-refractivity contribution in [1.29, 1.82) is 0 Å². The summed E-state index contributed by atoms with van der Waals surface area (Å²) in [5, 5.41) is 20.3. The summed E-state index contributed by atoms with van der Waals surface area (Å²) in [6, 6.07) is 4.47. The maximum atomic E-state index is 11.3. The Morgan fingerprint density at radius 2 is 2.19 bits per heavy atom. The quantitative estimate of drug-likeness (QED) is 0.678. The number of aromatic carboxylic acids is 1. The first kappa shape index (κ1) is 15.3. The largest absolute Gasteiger partial charge is 0.478 e. The lowest BCUT2D eigenvalue weighted by atomic mass is 10.1. The molecule has 1 fully saturated rings. The molecule has 1 heterocycles. The van der Waals surface area contributed by atoms with E-state index in [0.29, 0.717) is 5.69 Å². The Morgan fingerprint density at radius 3 is 2.81 bits per heavy atom. The van der Waals surface area contributed by atoms with Crippen molar-refractivity contribution >= 4 is 17.3 Å². The minimum absolute atomic E-state index is 0.0479. The minimum Gasteiger partial charge on any atom is -0.478 e. The molecule has 0 aromatic heterocycles. The summed E-state index contributed by atoms with van der Waals surface area (Å²) in [7, 11) is 0. The van der Waals surface area contributed by atoms with Crippen molar-refractivity contribution < 1.29 is 14.8 Å². The van der Waals surface area contributed by atoms with Gasteiger partial charge in [-0.1, -0.05) is 19.8 Å². The van der Waals surface area contributed by atoms with E-state index in [1.165, 1.54) is 6.07 Å². The van der Waals surface area contributed by atoms with Gasteiger partial charge in [0, 0.05) is 18.7 Å².